The van der Waals surface area contributed by atoms with E-state index in [1.165, 1.54) is 28.6 Å². The molecule has 0 aliphatic heterocycles. The third-order valence-electron chi connectivity index (χ3n) is 3.60. The van der Waals surface area contributed by atoms with E-state index in [-0.39, 0.29) is 16.2 Å². The first-order valence-corrected chi connectivity index (χ1v) is 10.5. The van der Waals surface area contributed by atoms with Gasteiger partial charge in [-0.05, 0) is 30.3 Å². The highest BCUT2D eigenvalue weighted by molar-refractivity contribution is 7.89. The van der Waals surface area contributed by atoms with E-state index in [0.717, 1.165) is 11.3 Å². The Morgan fingerprint density at radius 1 is 1.15 bits per heavy atom. The zero-order chi connectivity index (χ0) is 19.3. The van der Waals surface area contributed by atoms with E-state index in [1.54, 1.807) is 26.0 Å². The SMILES string of the molecule is CCN(CC)S(=O)(=O)c1cccc(C(=O)OCC(=O)c2ccc(Cl)s2)c1. The van der Waals surface area contributed by atoms with Crippen LogP contribution in [0.2, 0.25) is 4.34 Å². The zero-order valence-corrected chi connectivity index (χ0v) is 16.7. The highest BCUT2D eigenvalue weighted by Gasteiger charge is 2.23. The lowest BCUT2D eigenvalue weighted by Gasteiger charge is -2.18. The Morgan fingerprint density at radius 2 is 1.85 bits per heavy atom. The van der Waals surface area contributed by atoms with Crippen LogP contribution in [0.3, 0.4) is 0 Å². The molecule has 26 heavy (non-hydrogen) atoms. The van der Waals surface area contributed by atoms with E-state index < -0.39 is 22.6 Å². The predicted molar refractivity (Wildman–Crippen MR) is 100 cm³/mol. The highest BCUT2D eigenvalue weighted by atomic mass is 35.5. The van der Waals surface area contributed by atoms with Crippen molar-refractivity contribution < 1.29 is 22.7 Å². The summed E-state index contributed by atoms with van der Waals surface area (Å²) in [5.74, 6) is -1.14. The van der Waals surface area contributed by atoms with Crippen molar-refractivity contribution in [3.05, 3.63) is 51.2 Å². The maximum Gasteiger partial charge on any atom is 0.338 e. The minimum Gasteiger partial charge on any atom is -0.454 e. The van der Waals surface area contributed by atoms with Crippen LogP contribution in [-0.4, -0.2) is 44.2 Å². The molecule has 0 fully saturated rings. The van der Waals surface area contributed by atoms with E-state index in [2.05, 4.69) is 0 Å². The van der Waals surface area contributed by atoms with Gasteiger partial charge in [-0.3, -0.25) is 4.79 Å². The van der Waals surface area contributed by atoms with Crippen molar-refractivity contribution in [3.63, 3.8) is 0 Å². The highest BCUT2D eigenvalue weighted by Crippen LogP contribution is 2.22. The average Bonchev–Trinajstić information content (AvgIpc) is 3.07. The molecule has 0 amide bonds. The first-order valence-electron chi connectivity index (χ1n) is 7.85. The lowest BCUT2D eigenvalue weighted by molar-refractivity contribution is 0.0475. The maximum atomic E-state index is 12.5. The molecule has 140 valence electrons. The van der Waals surface area contributed by atoms with Gasteiger partial charge in [-0.15, -0.1) is 11.3 Å². The topological polar surface area (TPSA) is 80.8 Å². The van der Waals surface area contributed by atoms with Gasteiger partial charge >= 0.3 is 5.97 Å². The lowest BCUT2D eigenvalue weighted by atomic mass is 10.2. The number of hydrogen-bond acceptors (Lipinski definition) is 6. The number of halogens is 1. The van der Waals surface area contributed by atoms with Crippen molar-refractivity contribution in [3.8, 4) is 0 Å². The van der Waals surface area contributed by atoms with Crippen molar-refractivity contribution in [2.45, 2.75) is 18.7 Å². The van der Waals surface area contributed by atoms with E-state index in [4.69, 9.17) is 16.3 Å². The molecule has 1 aromatic carbocycles. The predicted octanol–water partition coefficient (Wildman–Crippen LogP) is 3.47. The van der Waals surface area contributed by atoms with Gasteiger partial charge in [-0.2, -0.15) is 4.31 Å². The van der Waals surface area contributed by atoms with Gasteiger partial charge in [0.1, 0.15) is 0 Å². The summed E-state index contributed by atoms with van der Waals surface area (Å²) in [7, 11) is -3.68. The number of Topliss-reactive ketones (excluding diaryl/α,β-unsaturated/α-hetero) is 1. The number of ketones is 1. The van der Waals surface area contributed by atoms with E-state index in [9.17, 15) is 18.0 Å². The third kappa shape index (κ3) is 4.70. The number of esters is 1. The molecular formula is C17H18ClNO5S2. The second-order valence-electron chi connectivity index (χ2n) is 5.22. The summed E-state index contributed by atoms with van der Waals surface area (Å²) in [5, 5.41) is 0. The van der Waals surface area contributed by atoms with Gasteiger partial charge in [0.25, 0.3) is 0 Å². The van der Waals surface area contributed by atoms with Gasteiger partial charge < -0.3 is 4.74 Å². The monoisotopic (exact) mass is 415 g/mol. The number of thiophene rings is 1. The van der Waals surface area contributed by atoms with Crippen molar-refractivity contribution in [2.24, 2.45) is 0 Å². The zero-order valence-electron chi connectivity index (χ0n) is 14.3. The lowest BCUT2D eigenvalue weighted by Crippen LogP contribution is -2.30. The number of sulfonamides is 1. The first-order chi connectivity index (χ1) is 12.3. The molecule has 0 spiro atoms. The van der Waals surface area contributed by atoms with Crippen molar-refractivity contribution in [1.82, 2.24) is 4.31 Å². The van der Waals surface area contributed by atoms with Gasteiger partial charge in [0.05, 0.1) is 19.7 Å². The number of rotatable bonds is 8. The molecule has 0 unspecified atom stereocenters. The molecule has 1 heterocycles. The van der Waals surface area contributed by atoms with Crippen LogP contribution < -0.4 is 0 Å². The summed E-state index contributed by atoms with van der Waals surface area (Å²) in [6.45, 7) is 3.68. The summed E-state index contributed by atoms with van der Waals surface area (Å²) >= 11 is 6.87. The van der Waals surface area contributed by atoms with Crippen LogP contribution in [0.5, 0.6) is 0 Å². The van der Waals surface area contributed by atoms with Crippen LogP contribution in [0, 0.1) is 0 Å². The minimum atomic E-state index is -3.68. The molecule has 0 bridgehead atoms. The number of ether oxygens (including phenoxy) is 1. The molecule has 0 saturated carbocycles. The summed E-state index contributed by atoms with van der Waals surface area (Å²) in [6.07, 6.45) is 0. The van der Waals surface area contributed by atoms with Gasteiger partial charge in [-0.1, -0.05) is 31.5 Å². The second kappa shape index (κ2) is 8.77. The third-order valence-corrected chi connectivity index (χ3v) is 6.91. The van der Waals surface area contributed by atoms with Gasteiger partial charge in [-0.25, -0.2) is 13.2 Å². The van der Waals surface area contributed by atoms with Crippen molar-refractivity contribution >= 4 is 44.7 Å². The second-order valence-corrected chi connectivity index (χ2v) is 8.87. The molecule has 0 radical (unpaired) electrons. The molecule has 0 aliphatic carbocycles. The van der Waals surface area contributed by atoms with Crippen molar-refractivity contribution in [2.75, 3.05) is 19.7 Å². The normalized spacial score (nSPS) is 11.5. The molecular weight excluding hydrogens is 398 g/mol. The van der Waals surface area contributed by atoms with Crippen LogP contribution in [-0.2, 0) is 14.8 Å². The Kier molecular flexibility index (Phi) is 6.94. The van der Waals surface area contributed by atoms with E-state index in [1.807, 2.05) is 0 Å². The Balaban J connectivity index is 2.12. The fraction of sp³-hybridized carbons (Fsp3) is 0.294. The Bertz CT molecular complexity index is 903. The average molecular weight is 416 g/mol. The van der Waals surface area contributed by atoms with E-state index >= 15 is 0 Å². The smallest absolute Gasteiger partial charge is 0.338 e. The first kappa shape index (κ1) is 20.6. The number of benzene rings is 1. The molecule has 6 nitrogen and oxygen atoms in total. The Labute approximate surface area is 161 Å². The van der Waals surface area contributed by atoms with Gasteiger partial charge in [0.15, 0.2) is 6.61 Å². The summed E-state index contributed by atoms with van der Waals surface area (Å²) in [5.41, 5.74) is 0.0650. The van der Waals surface area contributed by atoms with Gasteiger partial charge in [0, 0.05) is 13.1 Å². The number of carbonyl (C=O) groups is 2. The Morgan fingerprint density at radius 3 is 2.42 bits per heavy atom. The fourth-order valence-corrected chi connectivity index (χ4v) is 4.72. The fourth-order valence-electron chi connectivity index (χ4n) is 2.25. The maximum absolute atomic E-state index is 12.5. The Hall–Kier alpha value is -1.74. The van der Waals surface area contributed by atoms with E-state index in [0.29, 0.717) is 22.3 Å². The molecule has 9 heteroatoms. The molecule has 2 rings (SSSR count). The summed E-state index contributed by atoms with van der Waals surface area (Å²) in [4.78, 5) is 24.5. The van der Waals surface area contributed by atoms with Crippen LogP contribution in [0.4, 0.5) is 0 Å². The number of carbonyl (C=O) groups excluding carboxylic acids is 2. The molecule has 0 N–H and O–H groups in total. The molecule has 2 aromatic rings. The quantitative estimate of drug-likeness (QED) is 0.487. The largest absolute Gasteiger partial charge is 0.454 e. The molecule has 0 saturated heterocycles. The van der Waals surface area contributed by atoms with Crippen LogP contribution in [0.1, 0.15) is 33.9 Å². The minimum absolute atomic E-state index is 0.00650. The van der Waals surface area contributed by atoms with Gasteiger partial charge in [0.2, 0.25) is 15.8 Å². The summed E-state index contributed by atoms with van der Waals surface area (Å²) in [6, 6.07) is 8.72. The molecule has 0 aliphatic rings. The number of nitrogens with zero attached hydrogens (tertiary/aromatic N) is 1. The van der Waals surface area contributed by atoms with Crippen LogP contribution in [0.15, 0.2) is 41.3 Å². The molecule has 1 aromatic heterocycles. The number of hydrogen-bond donors (Lipinski definition) is 0. The van der Waals surface area contributed by atoms with Crippen LogP contribution >= 0.6 is 22.9 Å². The standard InChI is InChI=1S/C17H18ClNO5S2/c1-3-19(4-2)26(22,23)13-7-5-6-12(10-13)17(21)24-11-14(20)15-8-9-16(18)25-15/h5-10H,3-4,11H2,1-2H3. The molecule has 0 atom stereocenters. The summed E-state index contributed by atoms with van der Waals surface area (Å²) < 4.78 is 31.8. The van der Waals surface area contributed by atoms with Crippen molar-refractivity contribution in [1.29, 1.82) is 0 Å². The van der Waals surface area contributed by atoms with Crippen LogP contribution in [0.25, 0.3) is 0 Å².